The summed E-state index contributed by atoms with van der Waals surface area (Å²) < 4.78 is 10.7. The second kappa shape index (κ2) is 6.83. The van der Waals surface area contributed by atoms with E-state index in [0.29, 0.717) is 32.8 Å². The summed E-state index contributed by atoms with van der Waals surface area (Å²) in [6.07, 6.45) is 0.662. The maximum absolute atomic E-state index is 12.1. The van der Waals surface area contributed by atoms with Gasteiger partial charge in [-0.25, -0.2) is 0 Å². The molecular weight excluding hydrogens is 256 g/mol. The van der Waals surface area contributed by atoms with E-state index in [2.05, 4.69) is 5.32 Å². The fourth-order valence-electron chi connectivity index (χ4n) is 2.40. The average molecular weight is 278 g/mol. The first-order valence-corrected chi connectivity index (χ1v) is 6.99. The van der Waals surface area contributed by atoms with Crippen molar-refractivity contribution in [3.8, 4) is 0 Å². The van der Waals surface area contributed by atoms with Gasteiger partial charge in [0, 0.05) is 13.0 Å². The van der Waals surface area contributed by atoms with Crippen molar-refractivity contribution in [2.45, 2.75) is 25.0 Å². The van der Waals surface area contributed by atoms with Crippen LogP contribution in [-0.2, 0) is 19.8 Å². The van der Waals surface area contributed by atoms with Gasteiger partial charge in [-0.05, 0) is 12.1 Å². The highest BCUT2D eigenvalue weighted by Crippen LogP contribution is 2.25. The van der Waals surface area contributed by atoms with Crippen LogP contribution in [0.4, 0.5) is 0 Å². The van der Waals surface area contributed by atoms with Gasteiger partial charge in [0.25, 0.3) is 0 Å². The van der Waals surface area contributed by atoms with Crippen LogP contribution in [0.3, 0.4) is 0 Å². The van der Waals surface area contributed by atoms with E-state index in [1.54, 1.807) is 0 Å². The summed E-state index contributed by atoms with van der Waals surface area (Å²) in [5, 5.41) is 3.24. The van der Waals surface area contributed by atoms with E-state index < -0.39 is 5.54 Å². The Morgan fingerprint density at radius 2 is 2.15 bits per heavy atom. The summed E-state index contributed by atoms with van der Waals surface area (Å²) in [5.74, 6) is -0.376. The predicted octanol–water partition coefficient (Wildman–Crippen LogP) is 0.782. The summed E-state index contributed by atoms with van der Waals surface area (Å²) in [6.45, 7) is 4.36. The zero-order valence-corrected chi connectivity index (χ0v) is 11.8. The van der Waals surface area contributed by atoms with Gasteiger partial charge in [0.15, 0.2) is 0 Å². The zero-order chi connectivity index (χ0) is 14.4. The largest absolute Gasteiger partial charge is 0.376 e. The third-order valence-corrected chi connectivity index (χ3v) is 3.60. The van der Waals surface area contributed by atoms with E-state index in [1.165, 1.54) is 0 Å². The molecule has 0 aliphatic carbocycles. The topological polar surface area (TPSA) is 73.6 Å². The van der Waals surface area contributed by atoms with Crippen LogP contribution in [0.25, 0.3) is 0 Å². The van der Waals surface area contributed by atoms with Crippen LogP contribution >= 0.6 is 0 Å². The standard InChI is InChI=1S/C15H22N2O3/c1-2-17-15(14(16)18,12-6-4-3-5-7-12)8-9-20-13-10-19-11-13/h3-7,13,17H,2,8-11H2,1H3,(H2,16,18). The highest BCUT2D eigenvalue weighted by atomic mass is 16.6. The normalized spacial score (nSPS) is 18.2. The Bertz CT molecular complexity index is 434. The van der Waals surface area contributed by atoms with Crippen LogP contribution in [0.2, 0.25) is 0 Å². The van der Waals surface area contributed by atoms with E-state index in [9.17, 15) is 4.79 Å². The number of carbonyl (C=O) groups excluding carboxylic acids is 1. The molecule has 1 unspecified atom stereocenters. The van der Waals surface area contributed by atoms with E-state index in [-0.39, 0.29) is 12.0 Å². The minimum atomic E-state index is -0.874. The van der Waals surface area contributed by atoms with Crippen molar-refractivity contribution in [1.29, 1.82) is 0 Å². The lowest BCUT2D eigenvalue weighted by Gasteiger charge is -2.33. The molecule has 3 N–H and O–H groups in total. The molecule has 5 nitrogen and oxygen atoms in total. The Morgan fingerprint density at radius 1 is 1.45 bits per heavy atom. The number of ether oxygens (including phenoxy) is 2. The zero-order valence-electron chi connectivity index (χ0n) is 11.8. The van der Waals surface area contributed by atoms with Gasteiger partial charge in [0.1, 0.15) is 11.6 Å². The van der Waals surface area contributed by atoms with Crippen LogP contribution in [0.1, 0.15) is 18.9 Å². The maximum atomic E-state index is 12.1. The molecule has 0 bridgehead atoms. The molecule has 1 aromatic rings. The van der Waals surface area contributed by atoms with Gasteiger partial charge in [-0.2, -0.15) is 0 Å². The number of benzene rings is 1. The molecule has 1 fully saturated rings. The fourth-order valence-corrected chi connectivity index (χ4v) is 2.40. The van der Waals surface area contributed by atoms with Crippen LogP contribution in [0.15, 0.2) is 30.3 Å². The van der Waals surface area contributed by atoms with E-state index in [4.69, 9.17) is 15.2 Å². The predicted molar refractivity (Wildman–Crippen MR) is 76.2 cm³/mol. The molecule has 0 saturated carbocycles. The van der Waals surface area contributed by atoms with Gasteiger partial charge in [0.2, 0.25) is 5.91 Å². The number of hydrogen-bond donors (Lipinski definition) is 2. The molecule has 0 spiro atoms. The Hall–Kier alpha value is -1.43. The minimum Gasteiger partial charge on any atom is -0.376 e. The van der Waals surface area contributed by atoms with Crippen molar-refractivity contribution in [2.24, 2.45) is 5.73 Å². The molecule has 0 aromatic heterocycles. The number of primary amides is 1. The number of amides is 1. The van der Waals surface area contributed by atoms with E-state index in [0.717, 1.165) is 5.56 Å². The Morgan fingerprint density at radius 3 is 2.65 bits per heavy atom. The second-order valence-electron chi connectivity index (χ2n) is 4.95. The second-order valence-corrected chi connectivity index (χ2v) is 4.95. The fraction of sp³-hybridized carbons (Fsp3) is 0.533. The lowest BCUT2D eigenvalue weighted by molar-refractivity contribution is -0.137. The Kier molecular flexibility index (Phi) is 5.11. The third kappa shape index (κ3) is 3.17. The van der Waals surface area contributed by atoms with Crippen molar-refractivity contribution >= 4 is 5.91 Å². The van der Waals surface area contributed by atoms with Crippen LogP contribution in [0.5, 0.6) is 0 Å². The molecular formula is C15H22N2O3. The number of rotatable bonds is 8. The molecule has 0 radical (unpaired) electrons. The molecule has 1 saturated heterocycles. The van der Waals surface area contributed by atoms with Crippen molar-refractivity contribution in [1.82, 2.24) is 5.32 Å². The molecule has 5 heteroatoms. The monoisotopic (exact) mass is 278 g/mol. The van der Waals surface area contributed by atoms with Gasteiger partial charge in [-0.1, -0.05) is 37.3 Å². The summed E-state index contributed by atoms with van der Waals surface area (Å²) >= 11 is 0. The molecule has 1 atom stereocenters. The molecule has 1 aromatic carbocycles. The quantitative estimate of drug-likeness (QED) is 0.737. The minimum absolute atomic E-state index is 0.151. The molecule has 20 heavy (non-hydrogen) atoms. The first-order valence-electron chi connectivity index (χ1n) is 6.99. The Labute approximate surface area is 119 Å². The lowest BCUT2D eigenvalue weighted by atomic mass is 9.86. The molecule has 1 amide bonds. The van der Waals surface area contributed by atoms with E-state index >= 15 is 0 Å². The first kappa shape index (κ1) is 15.0. The highest BCUT2D eigenvalue weighted by molar-refractivity contribution is 5.86. The number of nitrogens with one attached hydrogen (secondary N) is 1. The molecule has 1 aliphatic heterocycles. The maximum Gasteiger partial charge on any atom is 0.242 e. The number of likely N-dealkylation sites (N-methyl/N-ethyl adjacent to an activating group) is 1. The first-order chi connectivity index (χ1) is 9.69. The number of carbonyl (C=O) groups is 1. The lowest BCUT2D eigenvalue weighted by Crippen LogP contribution is -2.53. The summed E-state index contributed by atoms with van der Waals surface area (Å²) in [7, 11) is 0. The third-order valence-electron chi connectivity index (χ3n) is 3.60. The van der Waals surface area contributed by atoms with Gasteiger partial charge in [-0.15, -0.1) is 0 Å². The van der Waals surface area contributed by atoms with Gasteiger partial charge >= 0.3 is 0 Å². The number of nitrogens with two attached hydrogens (primary N) is 1. The smallest absolute Gasteiger partial charge is 0.242 e. The SMILES string of the molecule is CCNC(CCOC1COC1)(C(N)=O)c1ccccc1. The van der Waals surface area contributed by atoms with Gasteiger partial charge < -0.3 is 15.2 Å². The van der Waals surface area contributed by atoms with Crippen LogP contribution < -0.4 is 11.1 Å². The molecule has 2 rings (SSSR count). The van der Waals surface area contributed by atoms with Crippen molar-refractivity contribution in [3.05, 3.63) is 35.9 Å². The van der Waals surface area contributed by atoms with Crippen molar-refractivity contribution < 1.29 is 14.3 Å². The van der Waals surface area contributed by atoms with Crippen LogP contribution in [-0.4, -0.2) is 38.4 Å². The van der Waals surface area contributed by atoms with Crippen molar-refractivity contribution in [2.75, 3.05) is 26.4 Å². The van der Waals surface area contributed by atoms with Gasteiger partial charge in [0.05, 0.1) is 13.2 Å². The molecule has 110 valence electrons. The van der Waals surface area contributed by atoms with Gasteiger partial charge in [-0.3, -0.25) is 10.1 Å². The van der Waals surface area contributed by atoms with Crippen LogP contribution in [0, 0.1) is 0 Å². The summed E-state index contributed by atoms with van der Waals surface area (Å²) in [4.78, 5) is 12.1. The Balaban J connectivity index is 2.11. The van der Waals surface area contributed by atoms with E-state index in [1.807, 2.05) is 37.3 Å². The summed E-state index contributed by atoms with van der Waals surface area (Å²) in [5.41, 5.74) is 5.67. The highest BCUT2D eigenvalue weighted by Gasteiger charge is 2.37. The van der Waals surface area contributed by atoms with Crippen molar-refractivity contribution in [3.63, 3.8) is 0 Å². The molecule has 1 heterocycles. The molecule has 1 aliphatic rings. The summed E-state index contributed by atoms with van der Waals surface area (Å²) in [6, 6.07) is 9.57. The average Bonchev–Trinajstić information content (AvgIpc) is 2.41. The number of hydrogen-bond acceptors (Lipinski definition) is 4.